The van der Waals surface area contributed by atoms with Crippen molar-refractivity contribution in [3.8, 4) is 0 Å². The van der Waals surface area contributed by atoms with Crippen LogP contribution in [-0.2, 0) is 10.0 Å². The van der Waals surface area contributed by atoms with Crippen molar-refractivity contribution < 1.29 is 18.3 Å². The predicted octanol–water partition coefficient (Wildman–Crippen LogP) is 4.73. The smallest absolute Gasteiger partial charge is 0.261 e. The summed E-state index contributed by atoms with van der Waals surface area (Å²) < 4.78 is 28.2. The Labute approximate surface area is 198 Å². The van der Waals surface area contributed by atoms with Crippen LogP contribution >= 0.6 is 11.6 Å². The minimum Gasteiger partial charge on any atom is -0.388 e. The van der Waals surface area contributed by atoms with E-state index in [0.717, 1.165) is 5.56 Å². The number of benzene rings is 3. The van der Waals surface area contributed by atoms with Crippen LogP contribution in [0.15, 0.2) is 83.8 Å². The Balaban J connectivity index is 1.46. The van der Waals surface area contributed by atoms with Crippen molar-refractivity contribution in [2.75, 3.05) is 17.8 Å². The largest absolute Gasteiger partial charge is 0.388 e. The quantitative estimate of drug-likeness (QED) is 0.529. The van der Waals surface area contributed by atoms with E-state index in [1.54, 1.807) is 29.2 Å². The van der Waals surface area contributed by atoms with Crippen LogP contribution in [0.1, 0.15) is 34.9 Å². The van der Waals surface area contributed by atoms with Crippen molar-refractivity contribution >= 4 is 33.2 Å². The first-order valence-corrected chi connectivity index (χ1v) is 12.6. The lowest BCUT2D eigenvalue weighted by atomic mass is 9.87. The van der Waals surface area contributed by atoms with Gasteiger partial charge in [-0.3, -0.25) is 9.52 Å². The zero-order chi connectivity index (χ0) is 23.4. The van der Waals surface area contributed by atoms with Crippen LogP contribution in [0.4, 0.5) is 5.69 Å². The molecule has 0 spiro atoms. The third-order valence-corrected chi connectivity index (χ3v) is 7.57. The first-order valence-electron chi connectivity index (χ1n) is 10.7. The van der Waals surface area contributed by atoms with E-state index in [9.17, 15) is 18.3 Å². The number of sulfonamides is 1. The molecule has 0 saturated carbocycles. The van der Waals surface area contributed by atoms with Crippen LogP contribution < -0.4 is 4.72 Å². The number of carbonyl (C=O) groups is 1. The van der Waals surface area contributed by atoms with Crippen molar-refractivity contribution in [2.45, 2.75) is 23.8 Å². The molecule has 3 aromatic carbocycles. The van der Waals surface area contributed by atoms with Gasteiger partial charge in [0.2, 0.25) is 0 Å². The van der Waals surface area contributed by atoms with E-state index in [-0.39, 0.29) is 28.0 Å². The van der Waals surface area contributed by atoms with Gasteiger partial charge < -0.3 is 10.0 Å². The zero-order valence-corrected chi connectivity index (χ0v) is 19.5. The Kier molecular flexibility index (Phi) is 7.02. The summed E-state index contributed by atoms with van der Waals surface area (Å²) in [6.07, 6.45) is 0.767. The van der Waals surface area contributed by atoms with Crippen molar-refractivity contribution in [2.24, 2.45) is 5.92 Å². The highest BCUT2D eigenvalue weighted by molar-refractivity contribution is 7.92. The summed E-state index contributed by atoms with van der Waals surface area (Å²) in [5.41, 5.74) is 1.39. The number of hydrogen-bond acceptors (Lipinski definition) is 4. The number of piperidine rings is 1. The first-order chi connectivity index (χ1) is 15.8. The lowest BCUT2D eigenvalue weighted by Crippen LogP contribution is -2.40. The van der Waals surface area contributed by atoms with Crippen molar-refractivity contribution in [3.05, 3.63) is 95.0 Å². The highest BCUT2D eigenvalue weighted by Gasteiger charge is 2.30. The summed E-state index contributed by atoms with van der Waals surface area (Å²) in [7, 11) is -3.88. The predicted molar refractivity (Wildman–Crippen MR) is 129 cm³/mol. The lowest BCUT2D eigenvalue weighted by molar-refractivity contribution is 0.0463. The fraction of sp³-hybridized carbons (Fsp3) is 0.240. The summed E-state index contributed by atoms with van der Waals surface area (Å²) in [5, 5.41) is 11.1. The van der Waals surface area contributed by atoms with Gasteiger partial charge in [0.15, 0.2) is 0 Å². The van der Waals surface area contributed by atoms with Gasteiger partial charge in [-0.2, -0.15) is 0 Å². The molecular formula is C25H25ClN2O4S. The number of likely N-dealkylation sites (tertiary alicyclic amines) is 1. The van der Waals surface area contributed by atoms with Gasteiger partial charge >= 0.3 is 0 Å². The van der Waals surface area contributed by atoms with E-state index < -0.39 is 16.1 Å². The second-order valence-corrected chi connectivity index (χ2v) is 10.2. The maximum atomic E-state index is 13.2. The minimum absolute atomic E-state index is 0.0601. The van der Waals surface area contributed by atoms with E-state index in [4.69, 9.17) is 11.6 Å². The van der Waals surface area contributed by atoms with E-state index in [2.05, 4.69) is 4.72 Å². The molecule has 4 rings (SSSR count). The van der Waals surface area contributed by atoms with Gasteiger partial charge in [-0.25, -0.2) is 8.42 Å². The number of nitrogens with one attached hydrogen (secondary N) is 1. The Bertz CT molecular complexity index is 1210. The van der Waals surface area contributed by atoms with E-state index in [0.29, 0.717) is 31.0 Å². The summed E-state index contributed by atoms with van der Waals surface area (Å²) in [4.78, 5) is 15.0. The number of anilines is 1. The van der Waals surface area contributed by atoms with Crippen LogP contribution in [0.5, 0.6) is 0 Å². The van der Waals surface area contributed by atoms with Gasteiger partial charge in [-0.1, -0.05) is 54.1 Å². The third kappa shape index (κ3) is 5.38. The van der Waals surface area contributed by atoms with Gasteiger partial charge in [0, 0.05) is 18.1 Å². The highest BCUT2D eigenvalue weighted by atomic mass is 35.5. The van der Waals surface area contributed by atoms with E-state index >= 15 is 0 Å². The molecule has 1 amide bonds. The molecule has 0 aromatic heterocycles. The SMILES string of the molecule is O=C(c1ccccc1NS(=O)(=O)c1ccc(Cl)cc1)N1CCC(C(O)c2ccccc2)CC1. The molecule has 3 aromatic rings. The number of hydrogen-bond donors (Lipinski definition) is 2. The van der Waals surface area contributed by atoms with Gasteiger partial charge in [-0.15, -0.1) is 0 Å². The molecule has 1 saturated heterocycles. The molecule has 1 aliphatic heterocycles. The number of amides is 1. The van der Waals surface area contributed by atoms with Crippen LogP contribution in [0.2, 0.25) is 5.02 Å². The van der Waals surface area contributed by atoms with Crippen LogP contribution in [-0.4, -0.2) is 37.4 Å². The van der Waals surface area contributed by atoms with Crippen molar-refractivity contribution in [3.63, 3.8) is 0 Å². The Morgan fingerprint density at radius 1 is 0.939 bits per heavy atom. The molecule has 1 heterocycles. The Hall–Kier alpha value is -2.87. The normalized spacial score (nSPS) is 15.8. The summed E-state index contributed by atoms with van der Waals surface area (Å²) >= 11 is 5.86. The van der Waals surface area contributed by atoms with Crippen LogP contribution in [0.3, 0.4) is 0 Å². The average Bonchev–Trinajstić information content (AvgIpc) is 2.84. The average molecular weight is 485 g/mol. The zero-order valence-electron chi connectivity index (χ0n) is 17.9. The number of nitrogens with zero attached hydrogens (tertiary/aromatic N) is 1. The number of aliphatic hydroxyl groups excluding tert-OH is 1. The molecule has 2 N–H and O–H groups in total. The number of aliphatic hydroxyl groups is 1. The topological polar surface area (TPSA) is 86.7 Å². The van der Waals surface area contributed by atoms with Gasteiger partial charge in [0.05, 0.1) is 22.3 Å². The maximum Gasteiger partial charge on any atom is 0.261 e. The van der Waals surface area contributed by atoms with Crippen LogP contribution in [0, 0.1) is 5.92 Å². The second-order valence-electron chi connectivity index (χ2n) is 8.09. The molecule has 1 fully saturated rings. The van der Waals surface area contributed by atoms with Gasteiger partial charge in [-0.05, 0) is 60.7 Å². The summed E-state index contributed by atoms with van der Waals surface area (Å²) in [6, 6.07) is 21.9. The molecule has 1 unspecified atom stereocenters. The molecule has 0 radical (unpaired) electrons. The number of carbonyl (C=O) groups excluding carboxylic acids is 1. The Morgan fingerprint density at radius 3 is 2.21 bits per heavy atom. The molecular weight excluding hydrogens is 460 g/mol. The summed E-state index contributed by atoms with van der Waals surface area (Å²) in [5.74, 6) is -0.174. The second kappa shape index (κ2) is 9.95. The Morgan fingerprint density at radius 2 is 1.55 bits per heavy atom. The van der Waals surface area contributed by atoms with E-state index in [1.807, 2.05) is 30.3 Å². The standard InChI is InChI=1S/C25H25ClN2O4S/c26-20-10-12-21(13-11-20)33(31,32)27-23-9-5-4-8-22(23)25(30)28-16-14-19(15-17-28)24(29)18-6-2-1-3-7-18/h1-13,19,24,27,29H,14-17H2. The molecule has 33 heavy (non-hydrogen) atoms. The molecule has 0 bridgehead atoms. The molecule has 6 nitrogen and oxygen atoms in total. The fourth-order valence-electron chi connectivity index (χ4n) is 4.09. The first kappa shape index (κ1) is 23.3. The molecule has 1 aliphatic rings. The maximum absolute atomic E-state index is 13.2. The van der Waals surface area contributed by atoms with Crippen LogP contribution in [0.25, 0.3) is 0 Å². The third-order valence-electron chi connectivity index (χ3n) is 5.94. The number of para-hydroxylation sites is 1. The molecule has 172 valence electrons. The van der Waals surface area contributed by atoms with Crippen molar-refractivity contribution in [1.29, 1.82) is 0 Å². The monoisotopic (exact) mass is 484 g/mol. The fourth-order valence-corrected chi connectivity index (χ4v) is 5.29. The lowest BCUT2D eigenvalue weighted by Gasteiger charge is -2.34. The van der Waals surface area contributed by atoms with Gasteiger partial charge in [0.1, 0.15) is 0 Å². The van der Waals surface area contributed by atoms with E-state index in [1.165, 1.54) is 24.3 Å². The minimum atomic E-state index is -3.88. The highest BCUT2D eigenvalue weighted by Crippen LogP contribution is 2.32. The number of rotatable bonds is 6. The molecule has 8 heteroatoms. The molecule has 1 atom stereocenters. The van der Waals surface area contributed by atoms with Crippen molar-refractivity contribution in [1.82, 2.24) is 4.90 Å². The summed E-state index contributed by atoms with van der Waals surface area (Å²) in [6.45, 7) is 0.983. The van der Waals surface area contributed by atoms with Gasteiger partial charge in [0.25, 0.3) is 15.9 Å². The molecule has 0 aliphatic carbocycles. The number of halogens is 1.